The van der Waals surface area contributed by atoms with Gasteiger partial charge in [0.05, 0.1) is 22.3 Å². The average Bonchev–Trinajstić information content (AvgIpc) is 2.80. The molecule has 3 aromatic carbocycles. The van der Waals surface area contributed by atoms with Crippen molar-refractivity contribution in [2.75, 3.05) is 12.8 Å². The number of para-hydroxylation sites is 2. The lowest BCUT2D eigenvalue weighted by Gasteiger charge is -2.18. The van der Waals surface area contributed by atoms with Gasteiger partial charge in [-0.05, 0) is 36.8 Å². The number of hydrogen-bond donors (Lipinski definition) is 0. The van der Waals surface area contributed by atoms with E-state index in [-0.39, 0.29) is 28.1 Å². The smallest absolute Gasteiger partial charge is 0.266 e. The Morgan fingerprint density at radius 1 is 1.03 bits per heavy atom. The number of amides is 1. The first-order chi connectivity index (χ1) is 15.4. The van der Waals surface area contributed by atoms with Crippen LogP contribution in [-0.4, -0.2) is 33.2 Å². The van der Waals surface area contributed by atoms with E-state index in [0.717, 1.165) is 22.9 Å². The van der Waals surface area contributed by atoms with Gasteiger partial charge in [-0.25, -0.2) is 9.37 Å². The van der Waals surface area contributed by atoms with E-state index in [1.165, 1.54) is 16.7 Å². The number of nitrogens with zero attached hydrogens (tertiary/aromatic N) is 3. The standard InChI is InChI=1S/C25H22FN3O2S/c1-17-11-13-18(14-12-17)15-28(2)23(30)16-32-25-27-21-9-5-3-7-19(21)24(31)29(25)22-10-6-4-8-20(22)26/h3-14H,15-16H2,1-2H3. The van der Waals surface area contributed by atoms with Crippen molar-refractivity contribution in [1.29, 1.82) is 0 Å². The molecule has 4 rings (SSSR count). The highest BCUT2D eigenvalue weighted by Crippen LogP contribution is 2.23. The van der Waals surface area contributed by atoms with E-state index < -0.39 is 5.82 Å². The highest BCUT2D eigenvalue weighted by Gasteiger charge is 2.18. The molecule has 0 spiro atoms. The van der Waals surface area contributed by atoms with Crippen molar-refractivity contribution in [2.45, 2.75) is 18.6 Å². The Morgan fingerprint density at radius 3 is 2.47 bits per heavy atom. The number of hydrogen-bond acceptors (Lipinski definition) is 4. The van der Waals surface area contributed by atoms with Crippen molar-refractivity contribution >= 4 is 28.6 Å². The lowest BCUT2D eigenvalue weighted by Crippen LogP contribution is -2.28. The first-order valence-corrected chi connectivity index (χ1v) is 11.1. The average molecular weight is 448 g/mol. The molecule has 0 aliphatic heterocycles. The molecule has 0 radical (unpaired) electrons. The molecule has 0 bridgehead atoms. The van der Waals surface area contributed by atoms with E-state index in [1.807, 2.05) is 31.2 Å². The van der Waals surface area contributed by atoms with Crippen molar-refractivity contribution in [3.8, 4) is 5.69 Å². The first-order valence-electron chi connectivity index (χ1n) is 10.1. The summed E-state index contributed by atoms with van der Waals surface area (Å²) in [5.41, 5.74) is 2.44. The maximum atomic E-state index is 14.6. The fraction of sp³-hybridized carbons (Fsp3) is 0.160. The summed E-state index contributed by atoms with van der Waals surface area (Å²) >= 11 is 1.12. The van der Waals surface area contributed by atoms with Crippen LogP contribution < -0.4 is 5.56 Å². The van der Waals surface area contributed by atoms with Crippen LogP contribution in [0.2, 0.25) is 0 Å². The molecule has 0 aliphatic rings. The molecule has 1 aromatic heterocycles. The van der Waals surface area contributed by atoms with Crippen LogP contribution in [0.3, 0.4) is 0 Å². The molecule has 0 saturated carbocycles. The van der Waals surface area contributed by atoms with Gasteiger partial charge in [-0.2, -0.15) is 0 Å². The number of carbonyl (C=O) groups is 1. The van der Waals surface area contributed by atoms with Crippen LogP contribution in [0, 0.1) is 12.7 Å². The Labute approximate surface area is 189 Å². The number of thioether (sulfide) groups is 1. The van der Waals surface area contributed by atoms with Gasteiger partial charge in [0.1, 0.15) is 5.82 Å². The zero-order valence-corrected chi connectivity index (χ0v) is 18.6. The van der Waals surface area contributed by atoms with Gasteiger partial charge < -0.3 is 4.90 Å². The number of rotatable bonds is 6. The Balaban J connectivity index is 1.63. The third-order valence-corrected chi connectivity index (χ3v) is 6.05. The van der Waals surface area contributed by atoms with Crippen LogP contribution in [0.15, 0.2) is 82.7 Å². The third kappa shape index (κ3) is 4.57. The van der Waals surface area contributed by atoms with Gasteiger partial charge in [-0.1, -0.05) is 65.9 Å². The van der Waals surface area contributed by atoms with Crippen LogP contribution >= 0.6 is 11.8 Å². The van der Waals surface area contributed by atoms with Crippen molar-refractivity contribution in [3.63, 3.8) is 0 Å². The summed E-state index contributed by atoms with van der Waals surface area (Å²) in [6.45, 7) is 2.49. The second-order valence-electron chi connectivity index (χ2n) is 7.53. The highest BCUT2D eigenvalue weighted by molar-refractivity contribution is 7.99. The predicted molar refractivity (Wildman–Crippen MR) is 126 cm³/mol. The third-order valence-electron chi connectivity index (χ3n) is 5.13. The molecule has 32 heavy (non-hydrogen) atoms. The topological polar surface area (TPSA) is 55.2 Å². The Bertz CT molecular complexity index is 1340. The maximum absolute atomic E-state index is 14.6. The van der Waals surface area contributed by atoms with Gasteiger partial charge in [-0.3, -0.25) is 14.2 Å². The van der Waals surface area contributed by atoms with E-state index in [4.69, 9.17) is 0 Å². The van der Waals surface area contributed by atoms with Crippen LogP contribution in [-0.2, 0) is 11.3 Å². The largest absolute Gasteiger partial charge is 0.341 e. The van der Waals surface area contributed by atoms with Crippen molar-refractivity contribution in [3.05, 3.63) is 100 Å². The zero-order valence-electron chi connectivity index (χ0n) is 17.8. The summed E-state index contributed by atoms with van der Waals surface area (Å²) in [7, 11) is 1.74. The second kappa shape index (κ2) is 9.36. The van der Waals surface area contributed by atoms with Crippen molar-refractivity contribution in [1.82, 2.24) is 14.5 Å². The lowest BCUT2D eigenvalue weighted by atomic mass is 10.1. The number of aryl methyl sites for hydroxylation is 1. The van der Waals surface area contributed by atoms with E-state index >= 15 is 0 Å². The van der Waals surface area contributed by atoms with Gasteiger partial charge in [0, 0.05) is 13.6 Å². The molecule has 1 heterocycles. The summed E-state index contributed by atoms with van der Waals surface area (Å²) < 4.78 is 15.8. The molecule has 5 nitrogen and oxygen atoms in total. The number of fused-ring (bicyclic) bond motifs is 1. The Kier molecular flexibility index (Phi) is 6.37. The maximum Gasteiger partial charge on any atom is 0.266 e. The normalized spacial score (nSPS) is 11.0. The molecule has 0 unspecified atom stereocenters. The van der Waals surface area contributed by atoms with Gasteiger partial charge in [0.2, 0.25) is 5.91 Å². The molecule has 0 atom stereocenters. The van der Waals surface area contributed by atoms with E-state index in [1.54, 1.807) is 48.3 Å². The molecule has 7 heteroatoms. The van der Waals surface area contributed by atoms with Crippen molar-refractivity contribution < 1.29 is 9.18 Å². The quantitative estimate of drug-likeness (QED) is 0.321. The minimum absolute atomic E-state index is 0.0710. The second-order valence-corrected chi connectivity index (χ2v) is 8.47. The molecule has 0 saturated heterocycles. The fourth-order valence-corrected chi connectivity index (χ4v) is 4.29. The minimum atomic E-state index is -0.531. The lowest BCUT2D eigenvalue weighted by molar-refractivity contribution is -0.127. The summed E-state index contributed by atoms with van der Waals surface area (Å²) in [4.78, 5) is 32.2. The van der Waals surface area contributed by atoms with E-state index in [9.17, 15) is 14.0 Å². The SMILES string of the molecule is Cc1ccc(CN(C)C(=O)CSc2nc3ccccc3c(=O)n2-c2ccccc2F)cc1. The highest BCUT2D eigenvalue weighted by atomic mass is 32.2. The summed E-state index contributed by atoms with van der Waals surface area (Å²) in [5.74, 6) is -0.573. The van der Waals surface area contributed by atoms with Gasteiger partial charge in [0.15, 0.2) is 5.16 Å². The van der Waals surface area contributed by atoms with E-state index in [0.29, 0.717) is 17.4 Å². The van der Waals surface area contributed by atoms with Crippen LogP contribution in [0.4, 0.5) is 4.39 Å². The van der Waals surface area contributed by atoms with Gasteiger partial charge in [-0.15, -0.1) is 0 Å². The number of aromatic nitrogens is 2. The fourth-order valence-electron chi connectivity index (χ4n) is 3.35. The monoisotopic (exact) mass is 447 g/mol. The van der Waals surface area contributed by atoms with Crippen molar-refractivity contribution in [2.24, 2.45) is 0 Å². The van der Waals surface area contributed by atoms with Crippen LogP contribution in [0.25, 0.3) is 16.6 Å². The summed E-state index contributed by atoms with van der Waals surface area (Å²) in [6.07, 6.45) is 0. The molecule has 1 amide bonds. The molecular weight excluding hydrogens is 425 g/mol. The van der Waals surface area contributed by atoms with Gasteiger partial charge in [0.25, 0.3) is 5.56 Å². The predicted octanol–water partition coefficient (Wildman–Crippen LogP) is 4.58. The van der Waals surface area contributed by atoms with E-state index in [2.05, 4.69) is 4.98 Å². The van der Waals surface area contributed by atoms with Crippen LogP contribution in [0.5, 0.6) is 0 Å². The first kappa shape index (κ1) is 21.8. The van der Waals surface area contributed by atoms with Gasteiger partial charge >= 0.3 is 0 Å². The Morgan fingerprint density at radius 2 is 1.72 bits per heavy atom. The zero-order chi connectivity index (χ0) is 22.7. The number of carbonyl (C=O) groups excluding carboxylic acids is 1. The summed E-state index contributed by atoms with van der Waals surface area (Å²) in [5, 5.41) is 0.666. The number of benzene rings is 3. The van der Waals surface area contributed by atoms with Crippen LogP contribution in [0.1, 0.15) is 11.1 Å². The molecular formula is C25H22FN3O2S. The number of halogens is 1. The molecule has 0 aliphatic carbocycles. The Hall–Kier alpha value is -3.45. The minimum Gasteiger partial charge on any atom is -0.341 e. The molecule has 0 fully saturated rings. The molecule has 162 valence electrons. The molecule has 0 N–H and O–H groups in total. The summed E-state index contributed by atoms with van der Waals surface area (Å²) in [6, 6.07) is 21.0. The molecule has 4 aromatic rings.